The van der Waals surface area contributed by atoms with Gasteiger partial charge < -0.3 is 4.90 Å². The van der Waals surface area contributed by atoms with Crippen molar-refractivity contribution in [2.75, 3.05) is 11.4 Å². The predicted octanol–water partition coefficient (Wildman–Crippen LogP) is 3.06. The summed E-state index contributed by atoms with van der Waals surface area (Å²) in [6, 6.07) is 12.0. The molecule has 0 fully saturated rings. The number of rotatable bonds is 3. The van der Waals surface area contributed by atoms with Gasteiger partial charge in [0.15, 0.2) is 5.82 Å². The topological polar surface area (TPSA) is 54.8 Å². The zero-order chi connectivity index (χ0) is 16.4. The van der Waals surface area contributed by atoms with Crippen molar-refractivity contribution in [1.29, 1.82) is 0 Å². The lowest BCUT2D eigenvalue weighted by molar-refractivity contribution is 0.684. The van der Waals surface area contributed by atoms with Gasteiger partial charge in [-0.05, 0) is 18.1 Å². The van der Waals surface area contributed by atoms with Gasteiger partial charge >= 0.3 is 0 Å². The van der Waals surface area contributed by atoms with Crippen molar-refractivity contribution >= 4 is 5.82 Å². The van der Waals surface area contributed by atoms with Crippen LogP contribution in [0.3, 0.4) is 0 Å². The zero-order valence-corrected chi connectivity index (χ0v) is 13.7. The average molecular weight is 317 g/mol. The molecule has 0 amide bonds. The Morgan fingerprint density at radius 1 is 1.04 bits per heavy atom. The Balaban J connectivity index is 1.63. The maximum Gasteiger partial charge on any atom is 0.161 e. The van der Waals surface area contributed by atoms with Crippen molar-refractivity contribution in [2.24, 2.45) is 0 Å². The molecule has 24 heavy (non-hydrogen) atoms. The van der Waals surface area contributed by atoms with Crippen molar-refractivity contribution in [3.63, 3.8) is 0 Å². The van der Waals surface area contributed by atoms with Crippen molar-refractivity contribution in [2.45, 2.75) is 26.3 Å². The second-order valence-corrected chi connectivity index (χ2v) is 5.89. The van der Waals surface area contributed by atoms with Crippen LogP contribution in [0.4, 0.5) is 5.82 Å². The molecule has 5 heteroatoms. The second-order valence-electron chi connectivity index (χ2n) is 5.89. The van der Waals surface area contributed by atoms with E-state index in [0.717, 1.165) is 54.7 Å². The van der Waals surface area contributed by atoms with Crippen LogP contribution in [0.1, 0.15) is 24.0 Å². The summed E-state index contributed by atoms with van der Waals surface area (Å²) in [5, 5.41) is 0. The third-order valence-corrected chi connectivity index (χ3v) is 4.31. The molecule has 0 saturated heterocycles. The van der Waals surface area contributed by atoms with Gasteiger partial charge in [0.05, 0.1) is 12.2 Å². The smallest absolute Gasteiger partial charge is 0.161 e. The minimum Gasteiger partial charge on any atom is -0.350 e. The molecule has 5 nitrogen and oxygen atoms in total. The van der Waals surface area contributed by atoms with Crippen LogP contribution in [0.5, 0.6) is 0 Å². The fraction of sp³-hybridized carbons (Fsp3) is 0.263. The quantitative estimate of drug-likeness (QED) is 0.743. The van der Waals surface area contributed by atoms with E-state index in [9.17, 15) is 0 Å². The van der Waals surface area contributed by atoms with Gasteiger partial charge in [-0.25, -0.2) is 19.9 Å². The summed E-state index contributed by atoms with van der Waals surface area (Å²) < 4.78 is 0. The molecule has 4 rings (SSSR count). The average Bonchev–Trinajstić information content (AvgIpc) is 2.68. The number of benzene rings is 1. The summed E-state index contributed by atoms with van der Waals surface area (Å²) >= 11 is 0. The van der Waals surface area contributed by atoms with Crippen LogP contribution in [0.15, 0.2) is 48.8 Å². The minimum atomic E-state index is 0.760. The first-order valence-corrected chi connectivity index (χ1v) is 8.30. The number of aryl methyl sites for hydroxylation is 1. The Bertz CT molecular complexity index is 847. The first kappa shape index (κ1) is 14.8. The van der Waals surface area contributed by atoms with Gasteiger partial charge in [0.25, 0.3) is 0 Å². The number of nitrogens with zero attached hydrogens (tertiary/aromatic N) is 5. The van der Waals surface area contributed by atoms with E-state index in [2.05, 4.69) is 21.8 Å². The van der Waals surface area contributed by atoms with Crippen LogP contribution in [-0.2, 0) is 19.4 Å². The normalized spacial score (nSPS) is 13.6. The highest BCUT2D eigenvalue weighted by Gasteiger charge is 2.20. The molecule has 3 heterocycles. The van der Waals surface area contributed by atoms with Crippen LogP contribution < -0.4 is 4.90 Å². The van der Waals surface area contributed by atoms with E-state index in [1.807, 2.05) is 48.8 Å². The molecule has 0 aliphatic carbocycles. The summed E-state index contributed by atoms with van der Waals surface area (Å²) in [6.07, 6.45) is 5.62. The molecule has 1 aliphatic rings. The molecule has 0 radical (unpaired) electrons. The van der Waals surface area contributed by atoms with Gasteiger partial charge in [0, 0.05) is 30.9 Å². The molecule has 0 saturated carbocycles. The number of aromatic nitrogens is 4. The molecular formula is C19H19N5. The Morgan fingerprint density at radius 2 is 1.92 bits per heavy atom. The van der Waals surface area contributed by atoms with Crippen molar-refractivity contribution in [3.05, 3.63) is 65.9 Å². The fourth-order valence-electron chi connectivity index (χ4n) is 2.96. The lowest BCUT2D eigenvalue weighted by Gasteiger charge is -2.29. The minimum absolute atomic E-state index is 0.760. The van der Waals surface area contributed by atoms with Crippen molar-refractivity contribution in [3.8, 4) is 11.4 Å². The number of hydrogen-bond donors (Lipinski definition) is 0. The third-order valence-electron chi connectivity index (χ3n) is 4.31. The van der Waals surface area contributed by atoms with E-state index in [0.29, 0.717) is 0 Å². The van der Waals surface area contributed by atoms with E-state index in [-0.39, 0.29) is 0 Å². The Kier molecular flexibility index (Phi) is 3.91. The molecule has 0 spiro atoms. The van der Waals surface area contributed by atoms with Gasteiger partial charge in [0.1, 0.15) is 11.6 Å². The lowest BCUT2D eigenvalue weighted by Crippen LogP contribution is -2.32. The summed E-state index contributed by atoms with van der Waals surface area (Å²) in [4.78, 5) is 20.5. The van der Waals surface area contributed by atoms with E-state index < -0.39 is 0 Å². The van der Waals surface area contributed by atoms with Crippen LogP contribution >= 0.6 is 0 Å². The molecule has 1 aromatic carbocycles. The van der Waals surface area contributed by atoms with Crippen molar-refractivity contribution in [1.82, 2.24) is 19.9 Å². The standard InChI is InChI=1S/C19H19N5/c1-2-17-21-12-15-9-11-24(13-16(15)22-17)18-8-10-20-19(23-18)14-6-4-3-5-7-14/h3-8,10,12H,2,9,11,13H2,1H3. The zero-order valence-electron chi connectivity index (χ0n) is 13.7. The largest absolute Gasteiger partial charge is 0.350 e. The SMILES string of the molecule is CCc1ncc2c(n1)CN(c1ccnc(-c3ccccc3)n1)CC2. The van der Waals surface area contributed by atoms with Crippen LogP contribution in [-0.4, -0.2) is 26.5 Å². The highest BCUT2D eigenvalue weighted by molar-refractivity contribution is 5.57. The number of fused-ring (bicyclic) bond motifs is 1. The summed E-state index contributed by atoms with van der Waals surface area (Å²) in [5.41, 5.74) is 3.40. The van der Waals surface area contributed by atoms with Crippen LogP contribution in [0, 0.1) is 0 Å². The highest BCUT2D eigenvalue weighted by Crippen LogP contribution is 2.23. The van der Waals surface area contributed by atoms with Gasteiger partial charge in [-0.3, -0.25) is 0 Å². The Morgan fingerprint density at radius 3 is 2.75 bits per heavy atom. The molecule has 120 valence electrons. The lowest BCUT2D eigenvalue weighted by atomic mass is 10.1. The first-order valence-electron chi connectivity index (χ1n) is 8.30. The Labute approximate surface area is 141 Å². The van der Waals surface area contributed by atoms with Crippen LogP contribution in [0.2, 0.25) is 0 Å². The molecule has 0 atom stereocenters. The molecule has 0 bridgehead atoms. The highest BCUT2D eigenvalue weighted by atomic mass is 15.2. The van der Waals surface area contributed by atoms with E-state index in [1.165, 1.54) is 5.56 Å². The summed E-state index contributed by atoms with van der Waals surface area (Å²) in [5.74, 6) is 2.62. The Hall–Kier alpha value is -2.82. The maximum atomic E-state index is 4.75. The number of anilines is 1. The molecule has 2 aromatic heterocycles. The van der Waals surface area contributed by atoms with Gasteiger partial charge in [-0.1, -0.05) is 37.3 Å². The first-order chi connectivity index (χ1) is 11.8. The molecular weight excluding hydrogens is 298 g/mol. The maximum absolute atomic E-state index is 4.75. The van der Waals surface area contributed by atoms with Crippen LogP contribution in [0.25, 0.3) is 11.4 Å². The fourth-order valence-corrected chi connectivity index (χ4v) is 2.96. The van der Waals surface area contributed by atoms with E-state index >= 15 is 0 Å². The van der Waals surface area contributed by atoms with Gasteiger partial charge in [-0.15, -0.1) is 0 Å². The molecule has 0 unspecified atom stereocenters. The molecule has 3 aromatic rings. The van der Waals surface area contributed by atoms with E-state index in [4.69, 9.17) is 9.97 Å². The summed E-state index contributed by atoms with van der Waals surface area (Å²) in [7, 11) is 0. The second kappa shape index (κ2) is 6.35. The molecule has 1 aliphatic heterocycles. The number of hydrogen-bond acceptors (Lipinski definition) is 5. The van der Waals surface area contributed by atoms with Gasteiger partial charge in [0.2, 0.25) is 0 Å². The monoisotopic (exact) mass is 317 g/mol. The third kappa shape index (κ3) is 2.85. The summed E-state index contributed by atoms with van der Waals surface area (Å²) in [6.45, 7) is 3.78. The van der Waals surface area contributed by atoms with Crippen molar-refractivity contribution < 1.29 is 0 Å². The predicted molar refractivity (Wildman–Crippen MR) is 93.6 cm³/mol. The molecule has 0 N–H and O–H groups in total. The van der Waals surface area contributed by atoms with Gasteiger partial charge in [-0.2, -0.15) is 0 Å². The van der Waals surface area contributed by atoms with E-state index in [1.54, 1.807) is 0 Å².